The fourth-order valence-corrected chi connectivity index (χ4v) is 2.05. The Labute approximate surface area is 91.9 Å². The zero-order chi connectivity index (χ0) is 10.7. The van der Waals surface area contributed by atoms with Crippen molar-refractivity contribution in [1.29, 1.82) is 0 Å². The van der Waals surface area contributed by atoms with Crippen LogP contribution in [0.4, 0.5) is 0 Å². The second-order valence-corrected chi connectivity index (χ2v) is 4.44. The minimum Gasteiger partial charge on any atom is -0.372 e. The molecule has 82 valence electrons. The van der Waals surface area contributed by atoms with Gasteiger partial charge in [0.2, 0.25) is 0 Å². The number of hydrogen-bond acceptors (Lipinski definition) is 2. The lowest BCUT2D eigenvalue weighted by atomic mass is 10.2. The van der Waals surface area contributed by atoms with Crippen LogP contribution in [0.25, 0.3) is 0 Å². The summed E-state index contributed by atoms with van der Waals surface area (Å²) >= 11 is 0. The average molecular weight is 205 g/mol. The van der Waals surface area contributed by atoms with Crippen LogP contribution in [-0.4, -0.2) is 30.6 Å². The van der Waals surface area contributed by atoms with E-state index in [-0.39, 0.29) is 0 Å². The molecule has 2 rings (SSSR count). The van der Waals surface area contributed by atoms with Gasteiger partial charge >= 0.3 is 0 Å². The average Bonchev–Trinajstić information content (AvgIpc) is 2.57. The second kappa shape index (κ2) is 4.77. The number of hydrogen-bond donors (Lipinski definition) is 0. The van der Waals surface area contributed by atoms with Crippen LogP contribution >= 0.6 is 0 Å². The Kier molecular flexibility index (Phi) is 3.39. The molecule has 0 bridgehead atoms. The summed E-state index contributed by atoms with van der Waals surface area (Å²) in [6.07, 6.45) is 1.56. The minimum atomic E-state index is 0.408. The van der Waals surface area contributed by atoms with Crippen LogP contribution in [0, 0.1) is 0 Å². The molecule has 1 fully saturated rings. The van der Waals surface area contributed by atoms with E-state index >= 15 is 0 Å². The molecule has 1 aliphatic rings. The van der Waals surface area contributed by atoms with E-state index in [0.29, 0.717) is 12.1 Å². The maximum atomic E-state index is 5.89. The van der Waals surface area contributed by atoms with E-state index in [1.54, 1.807) is 0 Å². The molecule has 0 aromatic heterocycles. The van der Waals surface area contributed by atoms with E-state index in [0.717, 1.165) is 19.6 Å². The maximum absolute atomic E-state index is 5.89. The zero-order valence-electron chi connectivity index (χ0n) is 9.52. The quantitative estimate of drug-likeness (QED) is 0.750. The third kappa shape index (κ3) is 2.80. The largest absolute Gasteiger partial charge is 0.372 e. The summed E-state index contributed by atoms with van der Waals surface area (Å²) in [4.78, 5) is 2.36. The summed E-state index contributed by atoms with van der Waals surface area (Å²) in [7, 11) is 2.16. The summed E-state index contributed by atoms with van der Waals surface area (Å²) < 4.78 is 5.89. The normalized spacial score (nSPS) is 27.1. The molecule has 1 heterocycles. The van der Waals surface area contributed by atoms with Gasteiger partial charge in [0.1, 0.15) is 0 Å². The molecule has 1 aromatic carbocycles. The molecular weight excluding hydrogens is 186 g/mol. The van der Waals surface area contributed by atoms with Gasteiger partial charge in [0, 0.05) is 12.6 Å². The highest BCUT2D eigenvalue weighted by Crippen LogP contribution is 2.18. The summed E-state index contributed by atoms with van der Waals surface area (Å²) in [6.45, 7) is 4.06. The van der Waals surface area contributed by atoms with Crippen molar-refractivity contribution in [3.05, 3.63) is 35.9 Å². The Hall–Kier alpha value is -0.860. The highest BCUT2D eigenvalue weighted by molar-refractivity contribution is 5.13. The number of benzene rings is 1. The first-order chi connectivity index (χ1) is 7.25. The van der Waals surface area contributed by atoms with Gasteiger partial charge < -0.3 is 9.64 Å². The smallest absolute Gasteiger partial charge is 0.0721 e. The lowest BCUT2D eigenvalue weighted by molar-refractivity contribution is 0.0481. The van der Waals surface area contributed by atoms with Crippen molar-refractivity contribution in [1.82, 2.24) is 4.90 Å². The molecule has 2 atom stereocenters. The van der Waals surface area contributed by atoms with E-state index in [9.17, 15) is 0 Å². The molecule has 15 heavy (non-hydrogen) atoms. The molecule has 0 amide bonds. The third-order valence-electron chi connectivity index (χ3n) is 3.18. The molecule has 1 saturated heterocycles. The maximum Gasteiger partial charge on any atom is 0.0721 e. The summed E-state index contributed by atoms with van der Waals surface area (Å²) in [5.74, 6) is 0. The van der Waals surface area contributed by atoms with Gasteiger partial charge in [0.05, 0.1) is 12.7 Å². The molecule has 2 heteroatoms. The van der Waals surface area contributed by atoms with Crippen LogP contribution in [0.3, 0.4) is 0 Å². The zero-order valence-corrected chi connectivity index (χ0v) is 9.52. The number of likely N-dealkylation sites (N-methyl/N-ethyl adjacent to an activating group) is 1. The monoisotopic (exact) mass is 205 g/mol. The molecule has 2 nitrogen and oxygen atoms in total. The Bertz CT molecular complexity index is 289. The van der Waals surface area contributed by atoms with Gasteiger partial charge in [-0.05, 0) is 26.0 Å². The van der Waals surface area contributed by atoms with Crippen LogP contribution in [0.15, 0.2) is 30.3 Å². The molecule has 1 aromatic rings. The number of rotatable bonds is 3. The Morgan fingerprint density at radius 2 is 2.07 bits per heavy atom. The van der Waals surface area contributed by atoms with E-state index in [1.165, 1.54) is 5.56 Å². The van der Waals surface area contributed by atoms with E-state index < -0.39 is 0 Å². The summed E-state index contributed by atoms with van der Waals surface area (Å²) in [6, 6.07) is 11.0. The SMILES string of the molecule is CC1CC(OCc2ccccc2)CN1C. The van der Waals surface area contributed by atoms with E-state index in [2.05, 4.69) is 43.1 Å². The number of likely N-dealkylation sites (tertiary alicyclic amines) is 1. The predicted octanol–water partition coefficient (Wildman–Crippen LogP) is 2.30. The van der Waals surface area contributed by atoms with Gasteiger partial charge in [-0.2, -0.15) is 0 Å². The Balaban J connectivity index is 1.80. The van der Waals surface area contributed by atoms with Gasteiger partial charge in [-0.25, -0.2) is 0 Å². The molecule has 1 aliphatic heterocycles. The van der Waals surface area contributed by atoms with Crippen molar-refractivity contribution in [3.63, 3.8) is 0 Å². The van der Waals surface area contributed by atoms with Crippen molar-refractivity contribution in [2.24, 2.45) is 0 Å². The highest BCUT2D eigenvalue weighted by Gasteiger charge is 2.26. The highest BCUT2D eigenvalue weighted by atomic mass is 16.5. The van der Waals surface area contributed by atoms with Crippen molar-refractivity contribution in [2.45, 2.75) is 32.1 Å². The molecule has 0 spiro atoms. The molecule has 0 radical (unpaired) electrons. The Morgan fingerprint density at radius 3 is 2.67 bits per heavy atom. The molecule has 0 N–H and O–H groups in total. The van der Waals surface area contributed by atoms with Crippen LogP contribution in [-0.2, 0) is 11.3 Å². The van der Waals surface area contributed by atoms with Crippen LogP contribution in [0.5, 0.6) is 0 Å². The standard InChI is InChI=1S/C13H19NO/c1-11-8-13(9-14(11)2)15-10-12-6-4-3-5-7-12/h3-7,11,13H,8-10H2,1-2H3. The van der Waals surface area contributed by atoms with Gasteiger partial charge in [-0.15, -0.1) is 0 Å². The summed E-state index contributed by atoms with van der Waals surface area (Å²) in [5.41, 5.74) is 1.26. The predicted molar refractivity (Wildman–Crippen MR) is 61.7 cm³/mol. The van der Waals surface area contributed by atoms with Crippen molar-refractivity contribution < 1.29 is 4.74 Å². The fourth-order valence-electron chi connectivity index (χ4n) is 2.05. The van der Waals surface area contributed by atoms with Crippen LogP contribution < -0.4 is 0 Å². The first kappa shape index (κ1) is 10.7. The van der Waals surface area contributed by atoms with Crippen LogP contribution in [0.2, 0.25) is 0 Å². The summed E-state index contributed by atoms with van der Waals surface area (Å²) in [5, 5.41) is 0. The molecular formula is C13H19NO. The van der Waals surface area contributed by atoms with Crippen molar-refractivity contribution in [2.75, 3.05) is 13.6 Å². The fraction of sp³-hybridized carbons (Fsp3) is 0.538. The van der Waals surface area contributed by atoms with Crippen molar-refractivity contribution in [3.8, 4) is 0 Å². The van der Waals surface area contributed by atoms with Gasteiger partial charge in [0.15, 0.2) is 0 Å². The molecule has 0 aliphatic carbocycles. The van der Waals surface area contributed by atoms with Crippen molar-refractivity contribution >= 4 is 0 Å². The lowest BCUT2D eigenvalue weighted by Crippen LogP contribution is -2.22. The molecule has 2 unspecified atom stereocenters. The van der Waals surface area contributed by atoms with E-state index in [1.807, 2.05) is 6.07 Å². The topological polar surface area (TPSA) is 12.5 Å². The van der Waals surface area contributed by atoms with Gasteiger partial charge in [-0.3, -0.25) is 0 Å². The first-order valence-electron chi connectivity index (χ1n) is 5.61. The first-order valence-corrected chi connectivity index (χ1v) is 5.61. The molecule has 0 saturated carbocycles. The number of ether oxygens (including phenoxy) is 1. The minimum absolute atomic E-state index is 0.408. The van der Waals surface area contributed by atoms with E-state index in [4.69, 9.17) is 4.74 Å². The van der Waals surface area contributed by atoms with Gasteiger partial charge in [-0.1, -0.05) is 30.3 Å². The Morgan fingerprint density at radius 1 is 1.33 bits per heavy atom. The number of nitrogens with zero attached hydrogens (tertiary/aromatic N) is 1. The van der Waals surface area contributed by atoms with Gasteiger partial charge in [0.25, 0.3) is 0 Å². The third-order valence-corrected chi connectivity index (χ3v) is 3.18. The second-order valence-electron chi connectivity index (χ2n) is 4.44. The lowest BCUT2D eigenvalue weighted by Gasteiger charge is -2.12. The van der Waals surface area contributed by atoms with Crippen LogP contribution in [0.1, 0.15) is 18.9 Å².